The fourth-order valence-corrected chi connectivity index (χ4v) is 4.85. The number of ether oxygens (including phenoxy) is 6. The van der Waals surface area contributed by atoms with Crippen LogP contribution in [-0.2, 0) is 27.1 Å². The molecule has 11 heteroatoms. The molecular formula is C27H34O11. The van der Waals surface area contributed by atoms with E-state index in [2.05, 4.69) is 0 Å². The van der Waals surface area contributed by atoms with Crippen molar-refractivity contribution in [1.29, 1.82) is 0 Å². The van der Waals surface area contributed by atoms with Gasteiger partial charge in [0.1, 0.15) is 24.4 Å². The molecule has 0 spiro atoms. The smallest absolute Gasteiger partial charge is 0.309 e. The lowest BCUT2D eigenvalue weighted by Crippen LogP contribution is -2.60. The minimum Gasteiger partial charge on any atom is -0.493 e. The van der Waals surface area contributed by atoms with Gasteiger partial charge < -0.3 is 48.8 Å². The van der Waals surface area contributed by atoms with Gasteiger partial charge in [-0.25, -0.2) is 0 Å². The molecule has 38 heavy (non-hydrogen) atoms. The van der Waals surface area contributed by atoms with Crippen LogP contribution in [0.5, 0.6) is 23.0 Å². The first-order chi connectivity index (χ1) is 18.3. The Hall–Kier alpha value is -3.09. The van der Waals surface area contributed by atoms with Crippen molar-refractivity contribution >= 4 is 5.97 Å². The summed E-state index contributed by atoms with van der Waals surface area (Å²) in [7, 11) is 4.60. The normalized spacial score (nSPS) is 29.0. The van der Waals surface area contributed by atoms with Gasteiger partial charge in [0.15, 0.2) is 23.0 Å². The van der Waals surface area contributed by atoms with Gasteiger partial charge in [0.05, 0.1) is 40.5 Å². The van der Waals surface area contributed by atoms with Gasteiger partial charge in [-0.2, -0.15) is 0 Å². The zero-order valence-corrected chi connectivity index (χ0v) is 21.5. The second-order valence-corrected chi connectivity index (χ2v) is 9.39. The van der Waals surface area contributed by atoms with Crippen LogP contribution in [0.1, 0.15) is 11.1 Å². The number of rotatable bonds is 10. The van der Waals surface area contributed by atoms with Crippen molar-refractivity contribution in [3.8, 4) is 23.0 Å². The van der Waals surface area contributed by atoms with Crippen LogP contribution in [0.4, 0.5) is 0 Å². The van der Waals surface area contributed by atoms with E-state index in [0.29, 0.717) is 36.7 Å². The Labute approximate surface area is 220 Å². The van der Waals surface area contributed by atoms with Gasteiger partial charge >= 0.3 is 5.97 Å². The molecule has 11 nitrogen and oxygen atoms in total. The lowest BCUT2D eigenvalue weighted by Gasteiger charge is -2.39. The number of benzene rings is 2. The molecule has 2 unspecified atom stereocenters. The summed E-state index contributed by atoms with van der Waals surface area (Å²) in [6, 6.07) is 10.8. The number of cyclic esters (lactones) is 1. The van der Waals surface area contributed by atoms with Gasteiger partial charge in [-0.3, -0.25) is 4.79 Å². The van der Waals surface area contributed by atoms with E-state index in [9.17, 15) is 25.2 Å². The molecule has 0 bridgehead atoms. The van der Waals surface area contributed by atoms with E-state index in [1.54, 1.807) is 32.4 Å². The maximum absolute atomic E-state index is 12.6. The molecule has 4 N–H and O–H groups in total. The van der Waals surface area contributed by atoms with Crippen molar-refractivity contribution < 1.29 is 53.6 Å². The number of hydrogen-bond donors (Lipinski definition) is 4. The Bertz CT molecular complexity index is 1100. The Morgan fingerprint density at radius 3 is 2.05 bits per heavy atom. The quantitative estimate of drug-likeness (QED) is 0.315. The predicted octanol–water partition coefficient (Wildman–Crippen LogP) is 0.466. The predicted molar refractivity (Wildman–Crippen MR) is 132 cm³/mol. The molecular weight excluding hydrogens is 500 g/mol. The SMILES string of the molecule is COc1ccc(CC2COC(=O)C2Cc2ccc(O[C@@H]3O[C@H](CO)[C@@H](O)[C@H](O)[C@H]3O)c(OC)c2)cc1OC. The fourth-order valence-electron chi connectivity index (χ4n) is 4.85. The maximum atomic E-state index is 12.6. The van der Waals surface area contributed by atoms with Crippen LogP contribution in [0.2, 0.25) is 0 Å². The number of carbonyl (C=O) groups is 1. The number of esters is 1. The van der Waals surface area contributed by atoms with Gasteiger partial charge in [-0.1, -0.05) is 12.1 Å². The molecule has 2 heterocycles. The van der Waals surface area contributed by atoms with Crippen molar-refractivity contribution in [1.82, 2.24) is 0 Å². The molecule has 2 aromatic carbocycles. The largest absolute Gasteiger partial charge is 0.493 e. The van der Waals surface area contributed by atoms with Crippen LogP contribution in [0.15, 0.2) is 36.4 Å². The number of methoxy groups -OCH3 is 3. The topological polar surface area (TPSA) is 153 Å². The highest BCUT2D eigenvalue weighted by atomic mass is 16.7. The van der Waals surface area contributed by atoms with E-state index in [0.717, 1.165) is 11.1 Å². The maximum Gasteiger partial charge on any atom is 0.309 e. The van der Waals surface area contributed by atoms with Gasteiger partial charge in [-0.15, -0.1) is 0 Å². The zero-order chi connectivity index (χ0) is 27.4. The van der Waals surface area contributed by atoms with E-state index in [-0.39, 0.29) is 23.6 Å². The average Bonchev–Trinajstić information content (AvgIpc) is 3.27. The second kappa shape index (κ2) is 12.2. The lowest BCUT2D eigenvalue weighted by atomic mass is 9.85. The molecule has 0 amide bonds. The minimum atomic E-state index is -1.56. The molecule has 0 radical (unpaired) electrons. The van der Waals surface area contributed by atoms with Crippen LogP contribution < -0.4 is 18.9 Å². The summed E-state index contributed by atoms with van der Waals surface area (Å²) in [6.45, 7) is -0.254. The van der Waals surface area contributed by atoms with Crippen LogP contribution in [0, 0.1) is 11.8 Å². The molecule has 4 rings (SSSR count). The Morgan fingerprint density at radius 1 is 0.816 bits per heavy atom. The second-order valence-electron chi connectivity index (χ2n) is 9.39. The van der Waals surface area contributed by atoms with Gasteiger partial charge in [0, 0.05) is 5.92 Å². The van der Waals surface area contributed by atoms with Crippen molar-refractivity contribution in [2.24, 2.45) is 11.8 Å². The minimum absolute atomic E-state index is 0.0448. The Morgan fingerprint density at radius 2 is 1.42 bits per heavy atom. The lowest BCUT2D eigenvalue weighted by molar-refractivity contribution is -0.277. The zero-order valence-electron chi connectivity index (χ0n) is 21.5. The number of aliphatic hydroxyl groups is 4. The number of hydrogen-bond acceptors (Lipinski definition) is 11. The van der Waals surface area contributed by atoms with Crippen LogP contribution >= 0.6 is 0 Å². The van der Waals surface area contributed by atoms with Crippen molar-refractivity contribution in [3.63, 3.8) is 0 Å². The molecule has 0 saturated carbocycles. The molecule has 2 saturated heterocycles. The molecule has 7 atom stereocenters. The summed E-state index contributed by atoms with van der Waals surface area (Å²) in [5.74, 6) is 1.10. The summed E-state index contributed by atoms with van der Waals surface area (Å²) < 4.78 is 32.7. The first-order valence-corrected chi connectivity index (χ1v) is 12.3. The van der Waals surface area contributed by atoms with E-state index >= 15 is 0 Å². The summed E-state index contributed by atoms with van der Waals surface area (Å²) in [5, 5.41) is 39.7. The molecule has 2 aliphatic rings. The molecule has 2 fully saturated rings. The van der Waals surface area contributed by atoms with Crippen molar-refractivity contribution in [3.05, 3.63) is 47.5 Å². The van der Waals surface area contributed by atoms with E-state index in [1.165, 1.54) is 7.11 Å². The van der Waals surface area contributed by atoms with Crippen LogP contribution in [0.25, 0.3) is 0 Å². The Kier molecular flexibility index (Phi) is 8.95. The number of carbonyl (C=O) groups excluding carboxylic acids is 1. The average molecular weight is 535 g/mol. The molecule has 0 aliphatic carbocycles. The van der Waals surface area contributed by atoms with Crippen molar-refractivity contribution in [2.45, 2.75) is 43.5 Å². The molecule has 0 aromatic heterocycles. The van der Waals surface area contributed by atoms with E-state index < -0.39 is 37.3 Å². The van der Waals surface area contributed by atoms with Crippen LogP contribution in [-0.4, -0.2) is 91.6 Å². The third-order valence-electron chi connectivity index (χ3n) is 7.03. The van der Waals surface area contributed by atoms with E-state index in [1.807, 2.05) is 18.2 Å². The van der Waals surface area contributed by atoms with Crippen molar-refractivity contribution in [2.75, 3.05) is 34.5 Å². The highest BCUT2D eigenvalue weighted by Crippen LogP contribution is 2.36. The third-order valence-corrected chi connectivity index (χ3v) is 7.03. The number of aliphatic hydroxyl groups excluding tert-OH is 4. The molecule has 2 aliphatic heterocycles. The highest BCUT2D eigenvalue weighted by Gasteiger charge is 2.45. The first kappa shape index (κ1) is 27.9. The first-order valence-electron chi connectivity index (χ1n) is 12.3. The Balaban J connectivity index is 1.47. The summed E-state index contributed by atoms with van der Waals surface area (Å²) in [5.41, 5.74) is 1.81. The monoisotopic (exact) mass is 534 g/mol. The van der Waals surface area contributed by atoms with Gasteiger partial charge in [0.25, 0.3) is 0 Å². The summed E-state index contributed by atoms with van der Waals surface area (Å²) >= 11 is 0. The fraction of sp³-hybridized carbons (Fsp3) is 0.519. The summed E-state index contributed by atoms with van der Waals surface area (Å²) in [6.07, 6.45) is -6.02. The highest BCUT2D eigenvalue weighted by molar-refractivity contribution is 5.75. The standard InChI is InChI=1S/C27H34O11/c1-33-18-6-4-14(10-20(18)34-2)8-16-13-36-26(32)17(16)9-15-5-7-19(21(11-15)35-3)37-27-25(31)24(30)23(29)22(12-28)38-27/h4-7,10-11,16-17,22-25,27-31H,8-9,12-13H2,1-3H3/t16?,17?,22-,23-,24+,25-,27-/m1/s1. The van der Waals surface area contributed by atoms with Gasteiger partial charge in [0.2, 0.25) is 6.29 Å². The summed E-state index contributed by atoms with van der Waals surface area (Å²) in [4.78, 5) is 12.6. The molecule has 208 valence electrons. The molecule has 2 aromatic rings. The van der Waals surface area contributed by atoms with E-state index in [4.69, 9.17) is 28.4 Å². The van der Waals surface area contributed by atoms with Gasteiger partial charge in [-0.05, 0) is 48.2 Å². The third kappa shape index (κ3) is 5.82. The van der Waals surface area contributed by atoms with Crippen LogP contribution in [0.3, 0.4) is 0 Å².